The SMILES string of the molecule is O=C(C1=NN2C(CC[C@H]2c2ccccc2Cl)N1)C1CC1. The van der Waals surface area contributed by atoms with E-state index in [9.17, 15) is 4.79 Å². The van der Waals surface area contributed by atoms with Crippen molar-refractivity contribution in [1.29, 1.82) is 0 Å². The summed E-state index contributed by atoms with van der Waals surface area (Å²) in [4.78, 5) is 12.1. The van der Waals surface area contributed by atoms with E-state index in [0.29, 0.717) is 5.84 Å². The molecule has 1 unspecified atom stereocenters. The molecule has 20 heavy (non-hydrogen) atoms. The summed E-state index contributed by atoms with van der Waals surface area (Å²) in [5, 5.41) is 10.6. The minimum absolute atomic E-state index is 0.147. The lowest BCUT2D eigenvalue weighted by molar-refractivity contribution is -0.114. The van der Waals surface area contributed by atoms with Gasteiger partial charge in [0.15, 0.2) is 5.84 Å². The second kappa shape index (κ2) is 4.48. The number of halogens is 1. The standard InChI is InChI=1S/C15H16ClN3O/c16-11-4-2-1-3-10(11)12-7-8-13-17-15(18-19(12)13)14(20)9-5-6-9/h1-4,9,12-13H,5-8H2,(H,17,18)/t12-,13?/m0/s1. The van der Waals surface area contributed by atoms with Crippen molar-refractivity contribution in [2.75, 3.05) is 0 Å². The minimum atomic E-state index is 0.147. The van der Waals surface area contributed by atoms with Gasteiger partial charge in [0.1, 0.15) is 6.17 Å². The Morgan fingerprint density at radius 3 is 2.80 bits per heavy atom. The van der Waals surface area contributed by atoms with Crippen LogP contribution < -0.4 is 5.32 Å². The van der Waals surface area contributed by atoms with Crippen molar-refractivity contribution in [3.63, 3.8) is 0 Å². The highest BCUT2D eigenvalue weighted by atomic mass is 35.5. The maximum absolute atomic E-state index is 12.1. The normalized spacial score (nSPS) is 28.1. The quantitative estimate of drug-likeness (QED) is 0.930. The lowest BCUT2D eigenvalue weighted by atomic mass is 10.1. The number of rotatable bonds is 3. The van der Waals surface area contributed by atoms with Crippen LogP contribution in [-0.2, 0) is 4.79 Å². The van der Waals surface area contributed by atoms with Crippen LogP contribution in [0.25, 0.3) is 0 Å². The van der Waals surface area contributed by atoms with Crippen molar-refractivity contribution in [1.82, 2.24) is 10.3 Å². The summed E-state index contributed by atoms with van der Waals surface area (Å²) in [5.41, 5.74) is 1.10. The van der Waals surface area contributed by atoms with Gasteiger partial charge < -0.3 is 5.32 Å². The molecule has 1 saturated carbocycles. The fourth-order valence-corrected chi connectivity index (χ4v) is 3.34. The molecule has 1 aromatic carbocycles. The number of carbonyl (C=O) groups is 1. The third-order valence-electron chi connectivity index (χ3n) is 4.32. The van der Waals surface area contributed by atoms with Gasteiger partial charge in [0.25, 0.3) is 0 Å². The number of hydrogen-bond acceptors (Lipinski definition) is 4. The molecule has 1 aliphatic carbocycles. The summed E-state index contributed by atoms with van der Waals surface area (Å²) in [6.45, 7) is 0. The molecule has 0 aromatic heterocycles. The number of benzene rings is 1. The Morgan fingerprint density at radius 2 is 2.05 bits per heavy atom. The van der Waals surface area contributed by atoms with Crippen molar-refractivity contribution >= 4 is 23.2 Å². The summed E-state index contributed by atoms with van der Waals surface area (Å²) in [5.74, 6) is 0.937. The number of fused-ring (bicyclic) bond motifs is 1. The highest BCUT2D eigenvalue weighted by molar-refractivity contribution is 6.40. The third kappa shape index (κ3) is 1.90. The molecule has 2 atom stereocenters. The van der Waals surface area contributed by atoms with E-state index in [1.54, 1.807) is 0 Å². The van der Waals surface area contributed by atoms with Crippen LogP contribution in [0, 0.1) is 5.92 Å². The van der Waals surface area contributed by atoms with Crippen LogP contribution in [0.2, 0.25) is 5.02 Å². The minimum Gasteiger partial charge on any atom is -0.344 e. The van der Waals surface area contributed by atoms with Gasteiger partial charge in [-0.05, 0) is 37.3 Å². The molecule has 1 aromatic rings. The van der Waals surface area contributed by atoms with Crippen LogP contribution in [0.5, 0.6) is 0 Å². The fraction of sp³-hybridized carbons (Fsp3) is 0.467. The number of ketones is 1. The predicted octanol–water partition coefficient (Wildman–Crippen LogP) is 2.70. The van der Waals surface area contributed by atoms with E-state index in [0.717, 1.165) is 36.3 Å². The van der Waals surface area contributed by atoms with Gasteiger partial charge in [-0.1, -0.05) is 29.8 Å². The first-order valence-electron chi connectivity index (χ1n) is 7.16. The first kappa shape index (κ1) is 12.2. The topological polar surface area (TPSA) is 44.7 Å². The molecule has 2 aliphatic heterocycles. The number of hydrogen-bond donors (Lipinski definition) is 1. The van der Waals surface area contributed by atoms with E-state index in [-0.39, 0.29) is 23.9 Å². The number of carbonyl (C=O) groups excluding carboxylic acids is 1. The van der Waals surface area contributed by atoms with Crippen molar-refractivity contribution in [2.45, 2.75) is 37.9 Å². The lowest BCUT2D eigenvalue weighted by Gasteiger charge is -2.22. The van der Waals surface area contributed by atoms with Crippen molar-refractivity contribution < 1.29 is 4.79 Å². The van der Waals surface area contributed by atoms with Crippen molar-refractivity contribution in [2.24, 2.45) is 11.0 Å². The molecule has 2 fully saturated rings. The second-order valence-corrected chi connectivity index (χ2v) is 6.15. The predicted molar refractivity (Wildman–Crippen MR) is 77.4 cm³/mol. The monoisotopic (exact) mass is 289 g/mol. The van der Waals surface area contributed by atoms with Crippen LogP contribution >= 0.6 is 11.6 Å². The van der Waals surface area contributed by atoms with E-state index in [4.69, 9.17) is 11.6 Å². The van der Waals surface area contributed by atoms with Gasteiger partial charge in [-0.2, -0.15) is 5.10 Å². The molecule has 0 radical (unpaired) electrons. The van der Waals surface area contributed by atoms with Gasteiger partial charge in [0, 0.05) is 10.9 Å². The highest BCUT2D eigenvalue weighted by Crippen LogP contribution is 2.40. The van der Waals surface area contributed by atoms with Gasteiger partial charge in [0.2, 0.25) is 5.78 Å². The summed E-state index contributed by atoms with van der Waals surface area (Å²) < 4.78 is 0. The van der Waals surface area contributed by atoms with Gasteiger partial charge in [-0.15, -0.1) is 0 Å². The first-order chi connectivity index (χ1) is 9.74. The maximum atomic E-state index is 12.1. The van der Waals surface area contributed by atoms with Crippen LogP contribution in [0.1, 0.15) is 37.3 Å². The van der Waals surface area contributed by atoms with Crippen LogP contribution in [0.3, 0.4) is 0 Å². The van der Waals surface area contributed by atoms with Crippen molar-refractivity contribution in [3.8, 4) is 0 Å². The summed E-state index contributed by atoms with van der Waals surface area (Å²) >= 11 is 6.29. The molecule has 4 rings (SSSR count). The van der Waals surface area contributed by atoms with Crippen molar-refractivity contribution in [3.05, 3.63) is 34.9 Å². The first-order valence-corrected chi connectivity index (χ1v) is 7.54. The molecule has 1 saturated heterocycles. The Bertz CT molecular complexity index is 597. The number of Topliss-reactive ketones (excluding diaryl/α,β-unsaturated/α-hetero) is 1. The van der Waals surface area contributed by atoms with Crippen LogP contribution in [-0.4, -0.2) is 22.8 Å². The zero-order valence-corrected chi connectivity index (χ0v) is 11.8. The molecule has 2 heterocycles. The Kier molecular flexibility index (Phi) is 2.74. The van der Waals surface area contributed by atoms with Crippen LogP contribution in [0.4, 0.5) is 0 Å². The largest absolute Gasteiger partial charge is 0.344 e. The number of amidine groups is 1. The van der Waals surface area contributed by atoms with Gasteiger partial charge in [0.05, 0.1) is 6.04 Å². The van der Waals surface area contributed by atoms with Gasteiger partial charge in [-0.25, -0.2) is 0 Å². The molecule has 104 valence electrons. The van der Waals surface area contributed by atoms with Gasteiger partial charge >= 0.3 is 0 Å². The van der Waals surface area contributed by atoms with E-state index in [2.05, 4.69) is 10.4 Å². The molecular weight excluding hydrogens is 274 g/mol. The fourth-order valence-electron chi connectivity index (χ4n) is 3.08. The smallest absolute Gasteiger partial charge is 0.202 e. The third-order valence-corrected chi connectivity index (χ3v) is 4.66. The van der Waals surface area contributed by atoms with Crippen LogP contribution in [0.15, 0.2) is 29.4 Å². The zero-order chi connectivity index (χ0) is 13.7. The average Bonchev–Trinajstić information content (AvgIpc) is 3.09. The summed E-state index contributed by atoms with van der Waals surface area (Å²) in [7, 11) is 0. The number of nitrogens with zero attached hydrogens (tertiary/aromatic N) is 2. The Hall–Kier alpha value is -1.55. The Morgan fingerprint density at radius 1 is 1.25 bits per heavy atom. The van der Waals surface area contributed by atoms with E-state index < -0.39 is 0 Å². The molecule has 0 bridgehead atoms. The molecule has 1 N–H and O–H groups in total. The molecule has 5 heteroatoms. The maximum Gasteiger partial charge on any atom is 0.202 e. The molecule has 0 amide bonds. The molecule has 3 aliphatic rings. The Balaban J connectivity index is 1.61. The zero-order valence-electron chi connectivity index (χ0n) is 11.1. The Labute approximate surface area is 122 Å². The van der Waals surface area contributed by atoms with E-state index in [1.807, 2.05) is 29.3 Å². The number of hydrazone groups is 1. The lowest BCUT2D eigenvalue weighted by Crippen LogP contribution is -2.37. The summed E-state index contributed by atoms with van der Waals surface area (Å²) in [6.07, 6.45) is 4.17. The summed E-state index contributed by atoms with van der Waals surface area (Å²) in [6, 6.07) is 8.06. The molecule has 0 spiro atoms. The van der Waals surface area contributed by atoms with Gasteiger partial charge in [-0.3, -0.25) is 9.80 Å². The molecule has 4 nitrogen and oxygen atoms in total. The average molecular weight is 290 g/mol. The van der Waals surface area contributed by atoms with E-state index >= 15 is 0 Å². The number of nitrogens with one attached hydrogen (secondary N) is 1. The second-order valence-electron chi connectivity index (χ2n) is 5.74. The van der Waals surface area contributed by atoms with E-state index in [1.165, 1.54) is 0 Å². The highest BCUT2D eigenvalue weighted by Gasteiger charge is 2.43. The molecular formula is C15H16ClN3O.